The van der Waals surface area contributed by atoms with Crippen molar-refractivity contribution in [1.29, 1.82) is 0 Å². The maximum Gasteiger partial charge on any atom is 0.295 e. The van der Waals surface area contributed by atoms with Gasteiger partial charge in [0.2, 0.25) is 0 Å². The van der Waals surface area contributed by atoms with Crippen LogP contribution in [0, 0.1) is 10.1 Å². The molecule has 4 heteroatoms. The van der Waals surface area contributed by atoms with Gasteiger partial charge >= 0.3 is 0 Å². The number of nitro groups is 1. The Kier molecular flexibility index (Phi) is 3.90. The van der Waals surface area contributed by atoms with Gasteiger partial charge in [-0.05, 0) is 28.8 Å². The molecule has 0 aliphatic rings. The second-order valence-electron chi connectivity index (χ2n) is 4.84. The molecule has 0 aliphatic carbocycles. The van der Waals surface area contributed by atoms with Crippen molar-refractivity contribution in [1.82, 2.24) is 0 Å². The first-order valence-electron chi connectivity index (χ1n) is 6.75. The molecular formula is C18H12ClNO2. The zero-order valence-electron chi connectivity index (χ0n) is 11.6. The molecule has 3 aromatic carbocycles. The number of para-hydroxylation sites is 1. The van der Waals surface area contributed by atoms with Crippen LogP contribution in [0.5, 0.6) is 0 Å². The van der Waals surface area contributed by atoms with Gasteiger partial charge in [0.15, 0.2) is 0 Å². The van der Waals surface area contributed by atoms with Gasteiger partial charge in [-0.3, -0.25) is 10.1 Å². The molecule has 0 saturated carbocycles. The minimum absolute atomic E-state index is 0.0587. The topological polar surface area (TPSA) is 43.1 Å². The molecule has 3 aromatic rings. The lowest BCUT2D eigenvalue weighted by atomic mass is 9.99. The molecule has 3 rings (SSSR count). The number of halogens is 1. The van der Waals surface area contributed by atoms with Crippen molar-refractivity contribution in [2.75, 3.05) is 0 Å². The first-order chi connectivity index (χ1) is 10.7. The lowest BCUT2D eigenvalue weighted by Gasteiger charge is -2.06. The zero-order chi connectivity index (χ0) is 15.5. The summed E-state index contributed by atoms with van der Waals surface area (Å²) in [4.78, 5) is 10.8. The molecular weight excluding hydrogens is 298 g/mol. The van der Waals surface area contributed by atoms with E-state index in [0.29, 0.717) is 5.56 Å². The molecule has 108 valence electrons. The van der Waals surface area contributed by atoms with Gasteiger partial charge in [0.25, 0.3) is 5.69 Å². The highest BCUT2D eigenvalue weighted by Gasteiger charge is 2.19. The number of hydrogen-bond donors (Lipinski definition) is 0. The molecule has 0 amide bonds. The highest BCUT2D eigenvalue weighted by molar-refractivity contribution is 6.33. The van der Waals surface area contributed by atoms with Crippen LogP contribution in [-0.4, -0.2) is 4.92 Å². The Hall–Kier alpha value is -2.65. The van der Waals surface area contributed by atoms with Crippen molar-refractivity contribution in [3.63, 3.8) is 0 Å². The molecule has 0 unspecified atom stereocenters. The van der Waals surface area contributed by atoms with Crippen molar-refractivity contribution in [2.24, 2.45) is 0 Å². The van der Waals surface area contributed by atoms with Gasteiger partial charge in [0.1, 0.15) is 5.02 Å². The SMILES string of the molecule is O=[N+]([O-])c1c(Cl)cccc1-c1ccc(-c2ccccc2)cc1. The summed E-state index contributed by atoms with van der Waals surface area (Å²) in [6, 6.07) is 22.6. The molecule has 0 heterocycles. The van der Waals surface area contributed by atoms with Crippen LogP contribution in [0.4, 0.5) is 5.69 Å². The number of hydrogen-bond acceptors (Lipinski definition) is 2. The minimum Gasteiger partial charge on any atom is -0.258 e. The van der Waals surface area contributed by atoms with Crippen LogP contribution >= 0.6 is 11.6 Å². The summed E-state index contributed by atoms with van der Waals surface area (Å²) in [5.74, 6) is 0. The molecule has 0 atom stereocenters. The van der Waals surface area contributed by atoms with Crippen LogP contribution in [0.25, 0.3) is 22.3 Å². The van der Waals surface area contributed by atoms with E-state index in [2.05, 4.69) is 0 Å². The molecule has 0 N–H and O–H groups in total. The van der Waals surface area contributed by atoms with E-state index in [-0.39, 0.29) is 10.7 Å². The number of rotatable bonds is 3. The Bertz CT molecular complexity index is 814. The lowest BCUT2D eigenvalue weighted by molar-refractivity contribution is -0.384. The van der Waals surface area contributed by atoms with Crippen LogP contribution in [0.1, 0.15) is 0 Å². The maximum absolute atomic E-state index is 11.2. The van der Waals surface area contributed by atoms with E-state index >= 15 is 0 Å². The molecule has 0 radical (unpaired) electrons. The van der Waals surface area contributed by atoms with Gasteiger partial charge in [0.05, 0.1) is 10.5 Å². The van der Waals surface area contributed by atoms with Gasteiger partial charge in [0, 0.05) is 0 Å². The van der Waals surface area contributed by atoms with Crippen LogP contribution in [0.2, 0.25) is 5.02 Å². The molecule has 22 heavy (non-hydrogen) atoms. The maximum atomic E-state index is 11.2. The van der Waals surface area contributed by atoms with Crippen molar-refractivity contribution < 1.29 is 4.92 Å². The fourth-order valence-electron chi connectivity index (χ4n) is 2.41. The molecule has 0 fully saturated rings. The number of nitrogens with zero attached hydrogens (tertiary/aromatic N) is 1. The third kappa shape index (κ3) is 2.71. The fourth-order valence-corrected chi connectivity index (χ4v) is 2.65. The van der Waals surface area contributed by atoms with Crippen molar-refractivity contribution in [3.05, 3.63) is 87.9 Å². The summed E-state index contributed by atoms with van der Waals surface area (Å²) in [7, 11) is 0. The third-order valence-corrected chi connectivity index (χ3v) is 3.78. The summed E-state index contributed by atoms with van der Waals surface area (Å²) in [5, 5.41) is 11.4. The van der Waals surface area contributed by atoms with E-state index in [9.17, 15) is 10.1 Å². The monoisotopic (exact) mass is 309 g/mol. The van der Waals surface area contributed by atoms with Crippen LogP contribution in [-0.2, 0) is 0 Å². The fraction of sp³-hybridized carbons (Fsp3) is 0. The largest absolute Gasteiger partial charge is 0.295 e. The van der Waals surface area contributed by atoms with Gasteiger partial charge in [-0.1, -0.05) is 72.3 Å². The van der Waals surface area contributed by atoms with Crippen molar-refractivity contribution in [2.45, 2.75) is 0 Å². The van der Waals surface area contributed by atoms with Gasteiger partial charge in [-0.25, -0.2) is 0 Å². The molecule has 3 nitrogen and oxygen atoms in total. The predicted molar refractivity (Wildman–Crippen MR) is 89.0 cm³/mol. The normalized spacial score (nSPS) is 10.4. The predicted octanol–water partition coefficient (Wildman–Crippen LogP) is 5.58. The summed E-state index contributed by atoms with van der Waals surface area (Å²) >= 11 is 5.96. The lowest BCUT2D eigenvalue weighted by Crippen LogP contribution is -1.93. The van der Waals surface area contributed by atoms with Gasteiger partial charge in [-0.15, -0.1) is 0 Å². The Labute approximate surface area is 133 Å². The Morgan fingerprint density at radius 1 is 0.727 bits per heavy atom. The average molecular weight is 310 g/mol. The molecule has 0 aliphatic heterocycles. The highest BCUT2D eigenvalue weighted by Crippen LogP contribution is 2.36. The van der Waals surface area contributed by atoms with Gasteiger partial charge < -0.3 is 0 Å². The van der Waals surface area contributed by atoms with Gasteiger partial charge in [-0.2, -0.15) is 0 Å². The van der Waals surface area contributed by atoms with Crippen molar-refractivity contribution >= 4 is 17.3 Å². The number of benzene rings is 3. The molecule has 0 spiro atoms. The first-order valence-corrected chi connectivity index (χ1v) is 7.13. The number of nitro benzene ring substituents is 1. The third-order valence-electron chi connectivity index (χ3n) is 3.47. The first kappa shape index (κ1) is 14.3. The molecule has 0 aromatic heterocycles. The summed E-state index contributed by atoms with van der Waals surface area (Å²) < 4.78 is 0. The van der Waals surface area contributed by atoms with E-state index in [1.807, 2.05) is 54.6 Å². The highest BCUT2D eigenvalue weighted by atomic mass is 35.5. The second kappa shape index (κ2) is 6.00. The average Bonchev–Trinajstić information content (AvgIpc) is 2.55. The summed E-state index contributed by atoms with van der Waals surface area (Å²) in [6.07, 6.45) is 0. The van der Waals surface area contributed by atoms with Crippen LogP contribution in [0.3, 0.4) is 0 Å². The Morgan fingerprint density at radius 3 is 1.95 bits per heavy atom. The van der Waals surface area contributed by atoms with Crippen LogP contribution in [0.15, 0.2) is 72.8 Å². The quantitative estimate of drug-likeness (QED) is 0.468. The molecule has 0 saturated heterocycles. The smallest absolute Gasteiger partial charge is 0.258 e. The summed E-state index contributed by atoms with van der Waals surface area (Å²) in [6.45, 7) is 0. The van der Waals surface area contributed by atoms with E-state index < -0.39 is 4.92 Å². The second-order valence-corrected chi connectivity index (χ2v) is 5.24. The molecule has 0 bridgehead atoms. The zero-order valence-corrected chi connectivity index (χ0v) is 12.3. The Balaban J connectivity index is 2.04. The van der Waals surface area contributed by atoms with E-state index in [0.717, 1.165) is 16.7 Å². The standard InChI is InChI=1S/C18H12ClNO2/c19-17-8-4-7-16(18(17)20(21)22)15-11-9-14(10-12-15)13-5-2-1-3-6-13/h1-12H. The van der Waals surface area contributed by atoms with E-state index in [1.165, 1.54) is 6.07 Å². The van der Waals surface area contributed by atoms with E-state index in [1.54, 1.807) is 12.1 Å². The summed E-state index contributed by atoms with van der Waals surface area (Å²) in [5.41, 5.74) is 3.41. The minimum atomic E-state index is -0.442. The van der Waals surface area contributed by atoms with Crippen LogP contribution < -0.4 is 0 Å². The van der Waals surface area contributed by atoms with E-state index in [4.69, 9.17) is 11.6 Å². The van der Waals surface area contributed by atoms with Crippen molar-refractivity contribution in [3.8, 4) is 22.3 Å². The Morgan fingerprint density at radius 2 is 1.32 bits per heavy atom.